The summed E-state index contributed by atoms with van der Waals surface area (Å²) in [6, 6.07) is 3.83. The van der Waals surface area contributed by atoms with E-state index in [0.717, 1.165) is 0 Å². The molecule has 7 nitrogen and oxygen atoms in total. The van der Waals surface area contributed by atoms with E-state index in [0.29, 0.717) is 0 Å². The van der Waals surface area contributed by atoms with Crippen LogP contribution < -0.4 is 4.74 Å². The number of hydrogen-bond donors (Lipinski definition) is 1. The molecule has 0 bridgehead atoms. The Balaban J connectivity index is 2.71. The van der Waals surface area contributed by atoms with Crippen LogP contribution in [0.5, 0.6) is 5.75 Å². The smallest absolute Gasteiger partial charge is 0.375 e. The molecule has 0 saturated heterocycles. The first-order valence-electron chi connectivity index (χ1n) is 5.11. The Labute approximate surface area is 101 Å². The van der Waals surface area contributed by atoms with Gasteiger partial charge >= 0.3 is 5.97 Å². The minimum atomic E-state index is -1.28. The van der Waals surface area contributed by atoms with Crippen LogP contribution in [0.15, 0.2) is 22.6 Å². The number of rotatable bonds is 4. The second-order valence-electron chi connectivity index (χ2n) is 3.44. The standard InChI is InChI=1S/C11H9NO6/c1-2-17-9-7-5-6(12(15)16)3-4-8(7)18-10(9)11(13)14/h3-5H,2H2,1H3,(H,13,14). The van der Waals surface area contributed by atoms with Crippen molar-refractivity contribution in [3.8, 4) is 5.75 Å². The number of hydrogen-bond acceptors (Lipinski definition) is 5. The van der Waals surface area contributed by atoms with Gasteiger partial charge in [0.05, 0.1) is 16.9 Å². The second-order valence-corrected chi connectivity index (χ2v) is 3.44. The van der Waals surface area contributed by atoms with E-state index in [9.17, 15) is 14.9 Å². The number of benzene rings is 1. The quantitative estimate of drug-likeness (QED) is 0.661. The summed E-state index contributed by atoms with van der Waals surface area (Å²) >= 11 is 0. The normalized spacial score (nSPS) is 10.5. The zero-order valence-electron chi connectivity index (χ0n) is 9.37. The van der Waals surface area contributed by atoms with E-state index in [2.05, 4.69) is 0 Å². The third-order valence-corrected chi connectivity index (χ3v) is 2.32. The van der Waals surface area contributed by atoms with E-state index in [1.54, 1.807) is 6.92 Å². The summed E-state index contributed by atoms with van der Waals surface area (Å²) in [6.45, 7) is 1.92. The summed E-state index contributed by atoms with van der Waals surface area (Å²) in [5.41, 5.74) is 0.0858. The number of ether oxygens (including phenoxy) is 1. The molecule has 18 heavy (non-hydrogen) atoms. The van der Waals surface area contributed by atoms with Crippen LogP contribution in [0.4, 0.5) is 5.69 Å². The lowest BCUT2D eigenvalue weighted by Gasteiger charge is -2.00. The van der Waals surface area contributed by atoms with Crippen molar-refractivity contribution in [3.63, 3.8) is 0 Å². The molecule has 0 fully saturated rings. The van der Waals surface area contributed by atoms with Crippen molar-refractivity contribution in [2.45, 2.75) is 6.92 Å². The molecule has 1 N–H and O–H groups in total. The maximum absolute atomic E-state index is 11.0. The SMILES string of the molecule is CCOc1c(C(=O)O)oc2ccc([N+](=O)[O-])cc12. The largest absolute Gasteiger partial charge is 0.489 e. The van der Waals surface area contributed by atoms with Crippen LogP contribution in [0.3, 0.4) is 0 Å². The van der Waals surface area contributed by atoms with Crippen molar-refractivity contribution < 1.29 is 24.0 Å². The van der Waals surface area contributed by atoms with Crippen LogP contribution in [0.25, 0.3) is 11.0 Å². The molecule has 0 unspecified atom stereocenters. The van der Waals surface area contributed by atoms with E-state index in [1.807, 2.05) is 0 Å². The molecule has 7 heteroatoms. The lowest BCUT2D eigenvalue weighted by molar-refractivity contribution is -0.384. The molecule has 0 radical (unpaired) electrons. The predicted molar refractivity (Wildman–Crippen MR) is 61.0 cm³/mol. The zero-order chi connectivity index (χ0) is 13.3. The van der Waals surface area contributed by atoms with Gasteiger partial charge in [0.1, 0.15) is 5.58 Å². The van der Waals surface area contributed by atoms with Crippen LogP contribution in [0.1, 0.15) is 17.5 Å². The molecule has 0 aliphatic rings. The third-order valence-electron chi connectivity index (χ3n) is 2.32. The number of carboxylic acids is 1. The van der Waals surface area contributed by atoms with Gasteiger partial charge in [-0.25, -0.2) is 4.79 Å². The highest BCUT2D eigenvalue weighted by Gasteiger charge is 2.23. The summed E-state index contributed by atoms with van der Waals surface area (Å²) in [4.78, 5) is 21.1. The molecule has 94 valence electrons. The number of nitrogens with zero attached hydrogens (tertiary/aromatic N) is 1. The van der Waals surface area contributed by atoms with Crippen molar-refractivity contribution in [1.82, 2.24) is 0 Å². The van der Waals surface area contributed by atoms with Crippen LogP contribution in [0.2, 0.25) is 0 Å². The van der Waals surface area contributed by atoms with Gasteiger partial charge < -0.3 is 14.3 Å². The number of carbonyl (C=O) groups is 1. The van der Waals surface area contributed by atoms with Gasteiger partial charge in [0.25, 0.3) is 11.4 Å². The topological polar surface area (TPSA) is 103 Å². The summed E-state index contributed by atoms with van der Waals surface area (Å²) in [5, 5.41) is 19.9. The van der Waals surface area contributed by atoms with Crippen LogP contribution >= 0.6 is 0 Å². The number of carboxylic acid groups (broad SMARTS) is 1. The molecule has 2 rings (SSSR count). The summed E-state index contributed by atoms with van der Waals surface area (Å²) < 4.78 is 10.3. The Morgan fingerprint density at radius 1 is 1.56 bits per heavy atom. The Kier molecular flexibility index (Phi) is 2.88. The van der Waals surface area contributed by atoms with Crippen LogP contribution in [-0.4, -0.2) is 22.6 Å². The first kappa shape index (κ1) is 11.9. The van der Waals surface area contributed by atoms with Gasteiger partial charge in [-0.2, -0.15) is 0 Å². The number of non-ortho nitro benzene ring substituents is 1. The molecule has 0 aliphatic carbocycles. The number of furan rings is 1. The lowest BCUT2D eigenvalue weighted by atomic mass is 10.2. The monoisotopic (exact) mass is 251 g/mol. The fourth-order valence-corrected chi connectivity index (χ4v) is 1.61. The molecule has 1 heterocycles. The summed E-state index contributed by atoms with van der Waals surface area (Å²) in [6.07, 6.45) is 0. The second kappa shape index (κ2) is 4.36. The van der Waals surface area contributed by atoms with E-state index in [4.69, 9.17) is 14.3 Å². The van der Waals surface area contributed by atoms with Gasteiger partial charge in [0, 0.05) is 12.1 Å². The van der Waals surface area contributed by atoms with Crippen molar-refractivity contribution in [3.05, 3.63) is 34.1 Å². The van der Waals surface area contributed by atoms with E-state index in [-0.39, 0.29) is 34.8 Å². The molecule has 1 aromatic heterocycles. The molecule has 0 saturated carbocycles. The van der Waals surface area contributed by atoms with Gasteiger partial charge in [-0.05, 0) is 13.0 Å². The fraction of sp³-hybridized carbons (Fsp3) is 0.182. The number of nitro groups is 1. The highest BCUT2D eigenvalue weighted by Crippen LogP contribution is 2.35. The van der Waals surface area contributed by atoms with Gasteiger partial charge in [-0.1, -0.05) is 0 Å². The minimum absolute atomic E-state index is 0.0173. The van der Waals surface area contributed by atoms with Crippen molar-refractivity contribution in [1.29, 1.82) is 0 Å². The highest BCUT2D eigenvalue weighted by molar-refractivity contribution is 5.98. The summed E-state index contributed by atoms with van der Waals surface area (Å²) in [7, 11) is 0. The Morgan fingerprint density at radius 2 is 2.28 bits per heavy atom. The number of nitro benzene ring substituents is 1. The molecule has 0 aliphatic heterocycles. The number of fused-ring (bicyclic) bond motifs is 1. The molecule has 0 atom stereocenters. The molecular weight excluding hydrogens is 242 g/mol. The van der Waals surface area contributed by atoms with Crippen molar-refractivity contribution >= 4 is 22.6 Å². The highest BCUT2D eigenvalue weighted by atomic mass is 16.6. The van der Waals surface area contributed by atoms with Crippen molar-refractivity contribution in [2.75, 3.05) is 6.61 Å². The van der Waals surface area contributed by atoms with Crippen LogP contribution in [-0.2, 0) is 0 Å². The van der Waals surface area contributed by atoms with Gasteiger partial charge in [0.15, 0.2) is 5.75 Å². The van der Waals surface area contributed by atoms with Gasteiger partial charge in [-0.3, -0.25) is 10.1 Å². The maximum atomic E-state index is 11.0. The fourth-order valence-electron chi connectivity index (χ4n) is 1.61. The molecule has 0 spiro atoms. The van der Waals surface area contributed by atoms with E-state index < -0.39 is 10.9 Å². The molecule has 1 aromatic carbocycles. The third kappa shape index (κ3) is 1.86. The van der Waals surface area contributed by atoms with Gasteiger partial charge in [0.2, 0.25) is 0 Å². The number of aromatic carboxylic acids is 1. The van der Waals surface area contributed by atoms with Crippen LogP contribution in [0, 0.1) is 10.1 Å². The average Bonchev–Trinajstić information content (AvgIpc) is 2.68. The lowest BCUT2D eigenvalue weighted by Crippen LogP contribution is -1.99. The Morgan fingerprint density at radius 3 is 2.83 bits per heavy atom. The van der Waals surface area contributed by atoms with Crippen molar-refractivity contribution in [2.24, 2.45) is 0 Å². The Hall–Kier alpha value is -2.57. The first-order valence-corrected chi connectivity index (χ1v) is 5.11. The predicted octanol–water partition coefficient (Wildman–Crippen LogP) is 2.44. The summed E-state index contributed by atoms with van der Waals surface area (Å²) in [5.74, 6) is -1.62. The van der Waals surface area contributed by atoms with E-state index in [1.165, 1.54) is 18.2 Å². The minimum Gasteiger partial charge on any atom is -0.489 e. The molecule has 2 aromatic rings. The average molecular weight is 251 g/mol. The van der Waals surface area contributed by atoms with Gasteiger partial charge in [-0.15, -0.1) is 0 Å². The molecular formula is C11H9NO6. The zero-order valence-corrected chi connectivity index (χ0v) is 9.37. The van der Waals surface area contributed by atoms with E-state index >= 15 is 0 Å². The molecule has 0 amide bonds. The Bertz CT molecular complexity index is 630. The maximum Gasteiger partial charge on any atom is 0.375 e. The first-order chi connectivity index (χ1) is 8.54.